The molecule has 2 heterocycles. The Kier molecular flexibility index (Phi) is 6.13. The lowest BCUT2D eigenvalue weighted by Gasteiger charge is -2.15. The number of hydrogen-bond donors (Lipinski definition) is 2. The lowest BCUT2D eigenvalue weighted by molar-refractivity contribution is 0.651. The average molecular weight is 403 g/mol. The minimum absolute atomic E-state index is 0.0619. The first-order valence-corrected chi connectivity index (χ1v) is 9.61. The summed E-state index contributed by atoms with van der Waals surface area (Å²) in [6.45, 7) is 7.65. The van der Waals surface area contributed by atoms with Crippen molar-refractivity contribution in [3.63, 3.8) is 0 Å². The molecule has 0 amide bonds. The lowest BCUT2D eigenvalue weighted by Crippen LogP contribution is -2.30. The second-order valence-corrected chi connectivity index (χ2v) is 7.25. The van der Waals surface area contributed by atoms with Crippen LogP contribution in [0.2, 0.25) is 5.02 Å². The number of nitrogens with zero attached hydrogens (tertiary/aromatic N) is 4. The minimum atomic E-state index is 0.0619. The molecule has 6 nitrogen and oxygen atoms in total. The van der Waals surface area contributed by atoms with Crippen LogP contribution < -0.4 is 10.6 Å². The minimum Gasteiger partial charge on any atom is -0.356 e. The van der Waals surface area contributed by atoms with Gasteiger partial charge in [-0.1, -0.05) is 23.7 Å². The van der Waals surface area contributed by atoms with Gasteiger partial charge in [-0.05, 0) is 50.7 Å². The van der Waals surface area contributed by atoms with E-state index in [2.05, 4.69) is 40.9 Å². The monoisotopic (exact) mass is 402 g/mol. The summed E-state index contributed by atoms with van der Waals surface area (Å²) in [7, 11) is 0. The molecule has 0 bridgehead atoms. The van der Waals surface area contributed by atoms with E-state index in [1.165, 1.54) is 0 Å². The maximum Gasteiger partial charge on any atom is 0.171 e. The summed E-state index contributed by atoms with van der Waals surface area (Å²) in [6, 6.07) is 7.81. The van der Waals surface area contributed by atoms with E-state index in [4.69, 9.17) is 23.8 Å². The van der Waals surface area contributed by atoms with Gasteiger partial charge < -0.3 is 10.6 Å². The number of nitrogens with one attached hydrogen (secondary N) is 2. The topological polar surface area (TPSA) is 59.7 Å². The van der Waals surface area contributed by atoms with Crippen molar-refractivity contribution in [1.29, 1.82) is 0 Å². The maximum absolute atomic E-state index is 6.03. The Morgan fingerprint density at radius 1 is 1.30 bits per heavy atom. The van der Waals surface area contributed by atoms with E-state index in [9.17, 15) is 0 Å². The summed E-state index contributed by atoms with van der Waals surface area (Å²) < 4.78 is 3.77. The average Bonchev–Trinajstić information content (AvgIpc) is 3.21. The van der Waals surface area contributed by atoms with E-state index < -0.39 is 0 Å². The Morgan fingerprint density at radius 3 is 2.81 bits per heavy atom. The molecule has 27 heavy (non-hydrogen) atoms. The van der Waals surface area contributed by atoms with Crippen molar-refractivity contribution in [2.75, 3.05) is 5.32 Å². The van der Waals surface area contributed by atoms with Gasteiger partial charge in [-0.25, -0.2) is 0 Å². The fourth-order valence-electron chi connectivity index (χ4n) is 2.90. The van der Waals surface area contributed by atoms with Crippen LogP contribution in [-0.4, -0.2) is 24.7 Å². The van der Waals surface area contributed by atoms with Crippen molar-refractivity contribution in [2.45, 2.75) is 39.9 Å². The molecule has 2 N–H and O–H groups in total. The molecule has 3 rings (SSSR count). The van der Waals surface area contributed by atoms with E-state index in [1.807, 2.05) is 46.7 Å². The summed E-state index contributed by atoms with van der Waals surface area (Å²) in [4.78, 5) is 0. The van der Waals surface area contributed by atoms with Crippen LogP contribution in [-0.2, 0) is 13.1 Å². The third-order valence-corrected chi connectivity index (χ3v) is 4.70. The zero-order valence-corrected chi connectivity index (χ0v) is 17.2. The van der Waals surface area contributed by atoms with Crippen LogP contribution in [0.1, 0.15) is 36.7 Å². The summed E-state index contributed by atoms with van der Waals surface area (Å²) in [5.41, 5.74) is 4.07. The molecule has 0 aliphatic carbocycles. The molecule has 0 aliphatic rings. The van der Waals surface area contributed by atoms with Crippen molar-refractivity contribution in [1.82, 2.24) is 24.9 Å². The highest BCUT2D eigenvalue weighted by molar-refractivity contribution is 7.80. The number of aromatic nitrogens is 4. The van der Waals surface area contributed by atoms with Crippen molar-refractivity contribution in [2.24, 2.45) is 0 Å². The summed E-state index contributed by atoms with van der Waals surface area (Å²) in [5.74, 6) is 0. The molecule has 3 aromatic rings. The molecule has 0 fully saturated rings. The molecule has 0 aliphatic heterocycles. The molecule has 0 saturated heterocycles. The molecular weight excluding hydrogens is 380 g/mol. The third kappa shape index (κ3) is 5.08. The molecule has 1 unspecified atom stereocenters. The van der Waals surface area contributed by atoms with Crippen LogP contribution in [0.25, 0.3) is 0 Å². The highest BCUT2D eigenvalue weighted by atomic mass is 35.5. The van der Waals surface area contributed by atoms with E-state index in [-0.39, 0.29) is 6.04 Å². The van der Waals surface area contributed by atoms with Crippen molar-refractivity contribution >= 4 is 34.6 Å². The Labute approximate surface area is 169 Å². The number of aryl methyl sites for hydroxylation is 2. The van der Waals surface area contributed by atoms with Crippen LogP contribution in [0.15, 0.2) is 42.9 Å². The first-order chi connectivity index (χ1) is 12.9. The van der Waals surface area contributed by atoms with Gasteiger partial charge in [0, 0.05) is 29.5 Å². The number of rotatable bonds is 6. The fraction of sp³-hybridized carbons (Fsp3) is 0.316. The molecule has 2 aromatic heterocycles. The Bertz CT molecular complexity index is 932. The highest BCUT2D eigenvalue weighted by Crippen LogP contribution is 2.17. The molecule has 142 valence electrons. The highest BCUT2D eigenvalue weighted by Gasteiger charge is 2.13. The number of hydrogen-bond acceptors (Lipinski definition) is 3. The van der Waals surface area contributed by atoms with Gasteiger partial charge in [-0.2, -0.15) is 10.2 Å². The maximum atomic E-state index is 6.03. The predicted molar refractivity (Wildman–Crippen MR) is 113 cm³/mol. The van der Waals surface area contributed by atoms with Crippen LogP contribution in [0, 0.1) is 6.92 Å². The van der Waals surface area contributed by atoms with Gasteiger partial charge in [-0.15, -0.1) is 0 Å². The number of halogens is 1. The molecule has 1 aromatic carbocycles. The Morgan fingerprint density at radius 2 is 2.11 bits per heavy atom. The Hall–Kier alpha value is -2.38. The predicted octanol–water partition coefficient (Wildman–Crippen LogP) is 4.16. The van der Waals surface area contributed by atoms with Crippen LogP contribution in [0.3, 0.4) is 0 Å². The van der Waals surface area contributed by atoms with E-state index >= 15 is 0 Å². The van der Waals surface area contributed by atoms with Crippen LogP contribution in [0.4, 0.5) is 5.69 Å². The Balaban J connectivity index is 1.58. The van der Waals surface area contributed by atoms with Crippen molar-refractivity contribution in [3.8, 4) is 0 Å². The first-order valence-electron chi connectivity index (χ1n) is 8.83. The fourth-order valence-corrected chi connectivity index (χ4v) is 3.41. The molecule has 8 heteroatoms. The SMILES string of the molecule is CCn1cc(C(C)NC(=S)Nc2cnn(Cc3cccc(Cl)c3)c2)c(C)n1. The van der Waals surface area contributed by atoms with Gasteiger partial charge in [0.15, 0.2) is 5.11 Å². The number of anilines is 1. The van der Waals surface area contributed by atoms with E-state index in [0.29, 0.717) is 11.7 Å². The van der Waals surface area contributed by atoms with Crippen molar-refractivity contribution in [3.05, 3.63) is 64.7 Å². The quantitative estimate of drug-likeness (QED) is 0.606. The summed E-state index contributed by atoms with van der Waals surface area (Å²) >= 11 is 11.5. The molecular formula is C19H23ClN6S. The van der Waals surface area contributed by atoms with Gasteiger partial charge in [0.1, 0.15) is 0 Å². The summed E-state index contributed by atoms with van der Waals surface area (Å²) in [6.07, 6.45) is 5.72. The first kappa shape index (κ1) is 19.4. The number of benzene rings is 1. The normalized spacial score (nSPS) is 12.0. The van der Waals surface area contributed by atoms with Gasteiger partial charge in [0.05, 0.1) is 30.2 Å². The van der Waals surface area contributed by atoms with Gasteiger partial charge >= 0.3 is 0 Å². The zero-order valence-electron chi connectivity index (χ0n) is 15.6. The lowest BCUT2D eigenvalue weighted by atomic mass is 10.1. The second kappa shape index (κ2) is 8.54. The summed E-state index contributed by atoms with van der Waals surface area (Å²) in [5, 5.41) is 16.6. The van der Waals surface area contributed by atoms with Gasteiger partial charge in [0.25, 0.3) is 0 Å². The molecule has 1 atom stereocenters. The standard InChI is InChI=1S/C19H23ClN6S/c1-4-25-12-18(14(3)24-25)13(2)22-19(27)23-17-9-21-26(11-17)10-15-6-5-7-16(20)8-15/h5-9,11-13H,4,10H2,1-3H3,(H2,22,23,27). The number of thiocarbonyl (C=S) groups is 1. The van der Waals surface area contributed by atoms with E-state index in [0.717, 1.165) is 34.1 Å². The second-order valence-electron chi connectivity index (χ2n) is 6.40. The van der Waals surface area contributed by atoms with Crippen molar-refractivity contribution < 1.29 is 0 Å². The zero-order chi connectivity index (χ0) is 19.4. The largest absolute Gasteiger partial charge is 0.356 e. The molecule has 0 radical (unpaired) electrons. The van der Waals surface area contributed by atoms with Crippen LogP contribution >= 0.6 is 23.8 Å². The molecule has 0 spiro atoms. The van der Waals surface area contributed by atoms with Crippen LogP contribution in [0.5, 0.6) is 0 Å². The van der Waals surface area contributed by atoms with E-state index in [1.54, 1.807) is 6.20 Å². The smallest absolute Gasteiger partial charge is 0.171 e. The van der Waals surface area contributed by atoms with Gasteiger partial charge in [-0.3, -0.25) is 9.36 Å². The third-order valence-electron chi connectivity index (χ3n) is 4.25. The van der Waals surface area contributed by atoms with Gasteiger partial charge in [0.2, 0.25) is 0 Å². The molecule has 0 saturated carbocycles.